The zero-order valence-corrected chi connectivity index (χ0v) is 23.0. The maximum atomic E-state index is 13.6. The molecule has 2 bridgehead atoms. The summed E-state index contributed by atoms with van der Waals surface area (Å²) in [4.78, 5) is 42.7. The van der Waals surface area contributed by atoms with E-state index in [2.05, 4.69) is 20.6 Å². The number of amides is 1. The Bertz CT molecular complexity index is 1640. The van der Waals surface area contributed by atoms with Gasteiger partial charge in [-0.1, -0.05) is 66.0 Å². The predicted octanol–water partition coefficient (Wildman–Crippen LogP) is 4.32. The summed E-state index contributed by atoms with van der Waals surface area (Å²) in [7, 11) is 0. The van der Waals surface area contributed by atoms with Gasteiger partial charge in [-0.15, -0.1) is 5.10 Å². The second-order valence-corrected chi connectivity index (χ2v) is 10.7. The summed E-state index contributed by atoms with van der Waals surface area (Å²) >= 11 is 12.2. The summed E-state index contributed by atoms with van der Waals surface area (Å²) in [6.07, 6.45) is 4.95. The van der Waals surface area contributed by atoms with Crippen LogP contribution in [0.3, 0.4) is 0 Å². The Labute approximate surface area is 239 Å². The number of halogens is 2. The lowest BCUT2D eigenvalue weighted by Gasteiger charge is -2.24. The SMILES string of the molecule is C[C@@H]1CCCC(n2cnc(-c3cc(Cl)ccc3-n3cc(Cl)nn3)cc2=O)c2cccc(c2)C[C@H](C(=O)O)NC1=O. The highest BCUT2D eigenvalue weighted by Crippen LogP contribution is 2.30. The molecule has 3 atom stereocenters. The molecule has 0 saturated heterocycles. The molecule has 1 aliphatic heterocycles. The second-order valence-electron chi connectivity index (χ2n) is 9.86. The zero-order valence-electron chi connectivity index (χ0n) is 21.5. The lowest BCUT2D eigenvalue weighted by molar-refractivity contribution is -0.142. The number of hydrogen-bond donors (Lipinski definition) is 2. The average Bonchev–Trinajstić information content (AvgIpc) is 3.36. The zero-order chi connectivity index (χ0) is 28.4. The molecule has 3 heterocycles. The van der Waals surface area contributed by atoms with Crippen molar-refractivity contribution >= 4 is 35.1 Å². The number of rotatable bonds is 4. The van der Waals surface area contributed by atoms with Crippen molar-refractivity contribution in [2.75, 3.05) is 0 Å². The van der Waals surface area contributed by atoms with Crippen LogP contribution in [0.5, 0.6) is 0 Å². The Kier molecular flexibility index (Phi) is 7.99. The Balaban J connectivity index is 1.54. The first kappa shape index (κ1) is 27.5. The van der Waals surface area contributed by atoms with Gasteiger partial charge in [0, 0.05) is 29.0 Å². The van der Waals surface area contributed by atoms with E-state index in [1.165, 1.54) is 17.1 Å². The van der Waals surface area contributed by atoms with Crippen LogP contribution in [0.25, 0.3) is 16.9 Å². The molecule has 206 valence electrons. The fourth-order valence-corrected chi connectivity index (χ4v) is 5.26. The lowest BCUT2D eigenvalue weighted by atomic mass is 9.93. The van der Waals surface area contributed by atoms with Gasteiger partial charge in [0.05, 0.1) is 29.9 Å². The molecule has 5 rings (SSSR count). The molecule has 40 heavy (non-hydrogen) atoms. The minimum Gasteiger partial charge on any atom is -0.480 e. The van der Waals surface area contributed by atoms with Gasteiger partial charge < -0.3 is 10.4 Å². The number of aromatic nitrogens is 5. The smallest absolute Gasteiger partial charge is 0.326 e. The van der Waals surface area contributed by atoms with Crippen LogP contribution < -0.4 is 10.9 Å². The molecule has 0 radical (unpaired) electrons. The second kappa shape index (κ2) is 11.6. The molecule has 12 heteroatoms. The minimum absolute atomic E-state index is 0.129. The molecule has 4 aromatic rings. The number of aliphatic carboxylic acids is 1. The standard InChI is InChI=1S/C28H26Cl2N6O4/c1-16-4-2-7-23(18-6-3-5-17(10-18)11-22(28(39)40)32-27(16)38)35-15-31-21(13-26(35)37)20-12-19(29)8-9-24(20)36-14-25(30)33-34-36/h3,5-6,8-10,12-16,22-23H,2,4,7,11H2,1H3,(H,32,38)(H,39,40)/t16-,22-,23?/m1/s1. The van der Waals surface area contributed by atoms with Gasteiger partial charge in [-0.3, -0.25) is 14.2 Å². The number of nitrogens with one attached hydrogen (secondary N) is 1. The Morgan fingerprint density at radius 1 is 1.10 bits per heavy atom. The molecule has 10 nitrogen and oxygen atoms in total. The van der Waals surface area contributed by atoms with Crippen LogP contribution in [-0.2, 0) is 16.0 Å². The van der Waals surface area contributed by atoms with E-state index in [0.717, 1.165) is 11.1 Å². The van der Waals surface area contributed by atoms with E-state index in [0.29, 0.717) is 41.2 Å². The van der Waals surface area contributed by atoms with E-state index in [4.69, 9.17) is 23.2 Å². The van der Waals surface area contributed by atoms with Crippen molar-refractivity contribution in [2.45, 2.75) is 44.7 Å². The van der Waals surface area contributed by atoms with Crippen LogP contribution in [0, 0.1) is 5.92 Å². The van der Waals surface area contributed by atoms with Gasteiger partial charge in [-0.25, -0.2) is 14.5 Å². The summed E-state index contributed by atoms with van der Waals surface area (Å²) in [6, 6.07) is 12.6. The molecule has 0 spiro atoms. The average molecular weight is 581 g/mol. The van der Waals surface area contributed by atoms with E-state index >= 15 is 0 Å². The maximum absolute atomic E-state index is 13.6. The molecular weight excluding hydrogens is 555 g/mol. The summed E-state index contributed by atoms with van der Waals surface area (Å²) in [5, 5.41) is 20.9. The maximum Gasteiger partial charge on any atom is 0.326 e. The van der Waals surface area contributed by atoms with Gasteiger partial charge in [0.1, 0.15) is 6.04 Å². The van der Waals surface area contributed by atoms with Gasteiger partial charge >= 0.3 is 5.97 Å². The van der Waals surface area contributed by atoms with E-state index in [1.54, 1.807) is 35.9 Å². The molecule has 2 N–H and O–H groups in total. The highest BCUT2D eigenvalue weighted by molar-refractivity contribution is 6.31. The topological polar surface area (TPSA) is 132 Å². The molecule has 2 aromatic carbocycles. The van der Waals surface area contributed by atoms with Crippen molar-refractivity contribution in [1.29, 1.82) is 0 Å². The fourth-order valence-electron chi connectivity index (χ4n) is 4.96. The van der Waals surface area contributed by atoms with E-state index < -0.39 is 12.0 Å². The number of benzene rings is 2. The first-order valence-electron chi connectivity index (χ1n) is 12.8. The lowest BCUT2D eigenvalue weighted by Crippen LogP contribution is -2.44. The van der Waals surface area contributed by atoms with Gasteiger partial charge in [0.2, 0.25) is 5.91 Å². The Morgan fingerprint density at radius 3 is 2.65 bits per heavy atom. The van der Waals surface area contributed by atoms with Crippen LogP contribution in [-0.4, -0.2) is 47.6 Å². The normalized spacial score (nSPS) is 19.8. The fraction of sp³-hybridized carbons (Fsp3) is 0.286. The van der Waals surface area contributed by atoms with Crippen molar-refractivity contribution in [3.63, 3.8) is 0 Å². The molecule has 0 saturated carbocycles. The summed E-state index contributed by atoms with van der Waals surface area (Å²) < 4.78 is 3.06. The summed E-state index contributed by atoms with van der Waals surface area (Å²) in [5.74, 6) is -1.76. The minimum atomic E-state index is -1.09. The van der Waals surface area contributed by atoms with Gasteiger partial charge in [-0.2, -0.15) is 0 Å². The largest absolute Gasteiger partial charge is 0.480 e. The van der Waals surface area contributed by atoms with Gasteiger partial charge in [-0.05, 0) is 42.2 Å². The highest BCUT2D eigenvalue weighted by Gasteiger charge is 2.26. The third-order valence-electron chi connectivity index (χ3n) is 7.07. The van der Waals surface area contributed by atoms with Crippen molar-refractivity contribution in [2.24, 2.45) is 5.92 Å². The van der Waals surface area contributed by atoms with Crippen LogP contribution in [0.4, 0.5) is 0 Å². The summed E-state index contributed by atoms with van der Waals surface area (Å²) in [5.41, 5.74) is 2.92. The number of carboxylic acid groups (broad SMARTS) is 1. The first-order chi connectivity index (χ1) is 19.2. The number of carbonyl (C=O) groups is 2. The summed E-state index contributed by atoms with van der Waals surface area (Å²) in [6.45, 7) is 1.78. The van der Waals surface area contributed by atoms with E-state index in [-0.39, 0.29) is 35.0 Å². The third kappa shape index (κ3) is 5.93. The molecular formula is C28H26Cl2N6O4. The monoisotopic (exact) mass is 580 g/mol. The Morgan fingerprint density at radius 2 is 1.93 bits per heavy atom. The van der Waals surface area contributed by atoms with Crippen LogP contribution in [0.2, 0.25) is 10.2 Å². The van der Waals surface area contributed by atoms with E-state index in [1.807, 2.05) is 24.3 Å². The number of carboxylic acids is 1. The quantitative estimate of drug-likeness (QED) is 0.367. The molecule has 1 amide bonds. The van der Waals surface area contributed by atoms with Gasteiger partial charge in [0.15, 0.2) is 5.15 Å². The van der Waals surface area contributed by atoms with Crippen molar-refractivity contribution in [3.8, 4) is 16.9 Å². The van der Waals surface area contributed by atoms with Crippen molar-refractivity contribution in [1.82, 2.24) is 29.9 Å². The van der Waals surface area contributed by atoms with Crippen LogP contribution >= 0.6 is 23.2 Å². The number of carbonyl (C=O) groups excluding carboxylic acids is 1. The van der Waals surface area contributed by atoms with Gasteiger partial charge in [0.25, 0.3) is 5.56 Å². The third-order valence-corrected chi connectivity index (χ3v) is 7.48. The molecule has 1 aliphatic rings. The molecule has 0 aliphatic carbocycles. The number of hydrogen-bond acceptors (Lipinski definition) is 6. The van der Waals surface area contributed by atoms with Crippen LogP contribution in [0.1, 0.15) is 43.4 Å². The molecule has 2 aromatic heterocycles. The predicted molar refractivity (Wildman–Crippen MR) is 150 cm³/mol. The molecule has 0 fully saturated rings. The highest BCUT2D eigenvalue weighted by atomic mass is 35.5. The number of fused-ring (bicyclic) bond motifs is 2. The Hall–Kier alpha value is -4.02. The van der Waals surface area contributed by atoms with Crippen molar-refractivity contribution in [3.05, 3.63) is 92.7 Å². The molecule has 1 unspecified atom stereocenters. The first-order valence-corrected chi connectivity index (χ1v) is 13.5. The van der Waals surface area contributed by atoms with E-state index in [9.17, 15) is 19.5 Å². The number of nitrogens with zero attached hydrogens (tertiary/aromatic N) is 5. The van der Waals surface area contributed by atoms with Crippen LogP contribution in [0.15, 0.2) is 65.8 Å². The van der Waals surface area contributed by atoms with Crippen molar-refractivity contribution < 1.29 is 14.7 Å².